The standard InChI is InChI=1S/C15H17N5S/c1-11-6-7-21-15(11)9-16-12(2)13-4-3-5-14(8-13)20-10-17-18-19-20/h3-8,10,12,16H,9H2,1-2H3. The molecular weight excluding hydrogens is 282 g/mol. The molecule has 0 spiro atoms. The number of nitrogens with one attached hydrogen (secondary N) is 1. The molecule has 1 atom stereocenters. The van der Waals surface area contributed by atoms with E-state index in [-0.39, 0.29) is 6.04 Å². The molecule has 0 aliphatic heterocycles. The van der Waals surface area contributed by atoms with Gasteiger partial charge in [-0.05, 0) is 59.0 Å². The van der Waals surface area contributed by atoms with E-state index in [1.807, 2.05) is 12.1 Å². The maximum absolute atomic E-state index is 3.92. The molecule has 0 aliphatic carbocycles. The smallest absolute Gasteiger partial charge is 0.143 e. The van der Waals surface area contributed by atoms with Gasteiger partial charge in [0.2, 0.25) is 0 Å². The molecule has 21 heavy (non-hydrogen) atoms. The van der Waals surface area contributed by atoms with E-state index in [4.69, 9.17) is 0 Å². The van der Waals surface area contributed by atoms with Gasteiger partial charge in [0, 0.05) is 17.5 Å². The monoisotopic (exact) mass is 299 g/mol. The predicted molar refractivity (Wildman–Crippen MR) is 83.5 cm³/mol. The molecule has 0 aliphatic rings. The molecule has 0 bridgehead atoms. The van der Waals surface area contributed by atoms with Gasteiger partial charge in [0.25, 0.3) is 0 Å². The molecule has 0 fully saturated rings. The minimum atomic E-state index is 0.267. The second kappa shape index (κ2) is 6.15. The van der Waals surface area contributed by atoms with E-state index >= 15 is 0 Å². The van der Waals surface area contributed by atoms with Crippen molar-refractivity contribution in [1.82, 2.24) is 25.5 Å². The maximum atomic E-state index is 3.92. The second-order valence-electron chi connectivity index (χ2n) is 4.98. The summed E-state index contributed by atoms with van der Waals surface area (Å²) in [4.78, 5) is 1.39. The van der Waals surface area contributed by atoms with Gasteiger partial charge < -0.3 is 5.32 Å². The highest BCUT2D eigenvalue weighted by molar-refractivity contribution is 7.10. The number of tetrazole rings is 1. The zero-order valence-corrected chi connectivity index (χ0v) is 12.8. The molecule has 1 unspecified atom stereocenters. The number of hydrogen-bond donors (Lipinski definition) is 1. The number of aryl methyl sites for hydroxylation is 1. The predicted octanol–water partition coefficient (Wildman–Crippen LogP) is 2.88. The molecule has 5 nitrogen and oxygen atoms in total. The molecule has 0 radical (unpaired) electrons. The zero-order valence-electron chi connectivity index (χ0n) is 12.0. The topological polar surface area (TPSA) is 55.6 Å². The van der Waals surface area contributed by atoms with Crippen LogP contribution in [0.5, 0.6) is 0 Å². The average molecular weight is 299 g/mol. The lowest BCUT2D eigenvalue weighted by Crippen LogP contribution is -2.18. The Hall–Kier alpha value is -2.05. The Morgan fingerprint density at radius 3 is 2.95 bits per heavy atom. The molecule has 108 valence electrons. The van der Waals surface area contributed by atoms with Crippen molar-refractivity contribution in [1.29, 1.82) is 0 Å². The number of hydrogen-bond acceptors (Lipinski definition) is 5. The Bertz CT molecular complexity index is 704. The highest BCUT2D eigenvalue weighted by atomic mass is 32.1. The Kier molecular flexibility index (Phi) is 4.08. The van der Waals surface area contributed by atoms with Crippen molar-refractivity contribution in [3.63, 3.8) is 0 Å². The molecule has 0 amide bonds. The van der Waals surface area contributed by atoms with Crippen molar-refractivity contribution >= 4 is 11.3 Å². The summed E-state index contributed by atoms with van der Waals surface area (Å²) in [5, 5.41) is 17.0. The second-order valence-corrected chi connectivity index (χ2v) is 5.98. The minimum absolute atomic E-state index is 0.267. The van der Waals surface area contributed by atoms with E-state index in [0.29, 0.717) is 0 Å². The molecule has 0 saturated heterocycles. The summed E-state index contributed by atoms with van der Waals surface area (Å²) in [7, 11) is 0. The first-order valence-corrected chi connectivity index (χ1v) is 7.71. The van der Waals surface area contributed by atoms with Crippen LogP contribution in [0.4, 0.5) is 0 Å². The first-order valence-electron chi connectivity index (χ1n) is 6.84. The molecule has 3 rings (SSSR count). The summed E-state index contributed by atoms with van der Waals surface area (Å²) in [6, 6.07) is 10.7. The van der Waals surface area contributed by atoms with E-state index in [0.717, 1.165) is 12.2 Å². The third kappa shape index (κ3) is 3.17. The van der Waals surface area contributed by atoms with E-state index < -0.39 is 0 Å². The average Bonchev–Trinajstić information content (AvgIpc) is 3.16. The van der Waals surface area contributed by atoms with Gasteiger partial charge >= 0.3 is 0 Å². The summed E-state index contributed by atoms with van der Waals surface area (Å²) in [5.74, 6) is 0. The SMILES string of the molecule is Cc1ccsc1CNC(C)c1cccc(-n2cnnn2)c1. The van der Waals surface area contributed by atoms with Crippen molar-refractivity contribution in [2.24, 2.45) is 0 Å². The molecule has 0 saturated carbocycles. The Morgan fingerprint density at radius 1 is 1.33 bits per heavy atom. The maximum Gasteiger partial charge on any atom is 0.143 e. The van der Waals surface area contributed by atoms with Gasteiger partial charge in [-0.3, -0.25) is 0 Å². The van der Waals surface area contributed by atoms with Gasteiger partial charge in [0.15, 0.2) is 0 Å². The lowest BCUT2D eigenvalue weighted by atomic mass is 10.1. The van der Waals surface area contributed by atoms with Crippen LogP contribution in [0.2, 0.25) is 0 Å². The van der Waals surface area contributed by atoms with Crippen LogP contribution in [0, 0.1) is 6.92 Å². The fourth-order valence-corrected chi connectivity index (χ4v) is 3.02. The summed E-state index contributed by atoms with van der Waals surface area (Å²) in [6.07, 6.45) is 1.60. The Morgan fingerprint density at radius 2 is 2.24 bits per heavy atom. The number of nitrogens with zero attached hydrogens (tertiary/aromatic N) is 4. The third-order valence-electron chi connectivity index (χ3n) is 3.52. The molecule has 3 aromatic rings. The molecule has 2 heterocycles. The fourth-order valence-electron chi connectivity index (χ4n) is 2.17. The summed E-state index contributed by atoms with van der Waals surface area (Å²) < 4.78 is 1.67. The van der Waals surface area contributed by atoms with Crippen LogP contribution in [0.15, 0.2) is 42.0 Å². The molecule has 1 aromatic carbocycles. The quantitative estimate of drug-likeness (QED) is 0.787. The van der Waals surface area contributed by atoms with Crippen LogP contribution in [-0.4, -0.2) is 20.2 Å². The third-order valence-corrected chi connectivity index (χ3v) is 4.54. The number of benzene rings is 1. The van der Waals surface area contributed by atoms with E-state index in [9.17, 15) is 0 Å². The first kappa shape index (κ1) is 13.9. The van der Waals surface area contributed by atoms with E-state index in [1.165, 1.54) is 16.0 Å². The minimum Gasteiger partial charge on any atom is -0.305 e. The number of rotatable bonds is 5. The zero-order chi connectivity index (χ0) is 14.7. The lowest BCUT2D eigenvalue weighted by Gasteiger charge is -2.15. The highest BCUT2D eigenvalue weighted by Gasteiger charge is 2.08. The Labute approximate surface area is 127 Å². The van der Waals surface area contributed by atoms with Crippen LogP contribution >= 0.6 is 11.3 Å². The van der Waals surface area contributed by atoms with Crippen molar-refractivity contribution in [2.45, 2.75) is 26.4 Å². The van der Waals surface area contributed by atoms with Gasteiger partial charge in [-0.1, -0.05) is 12.1 Å². The van der Waals surface area contributed by atoms with Gasteiger partial charge in [0.1, 0.15) is 6.33 Å². The summed E-state index contributed by atoms with van der Waals surface area (Å²) in [5.41, 5.74) is 3.54. The molecular formula is C15H17N5S. The van der Waals surface area contributed by atoms with Crippen LogP contribution in [0.25, 0.3) is 5.69 Å². The first-order chi connectivity index (χ1) is 10.2. The largest absolute Gasteiger partial charge is 0.305 e. The van der Waals surface area contributed by atoms with Gasteiger partial charge in [-0.15, -0.1) is 16.4 Å². The summed E-state index contributed by atoms with van der Waals surface area (Å²) in [6.45, 7) is 5.21. The highest BCUT2D eigenvalue weighted by Crippen LogP contribution is 2.19. The Balaban J connectivity index is 1.71. The molecule has 2 aromatic heterocycles. The van der Waals surface area contributed by atoms with Crippen molar-refractivity contribution in [2.75, 3.05) is 0 Å². The van der Waals surface area contributed by atoms with Gasteiger partial charge in [0.05, 0.1) is 5.69 Å². The number of aromatic nitrogens is 4. The fraction of sp³-hybridized carbons (Fsp3) is 0.267. The van der Waals surface area contributed by atoms with Crippen LogP contribution in [0.3, 0.4) is 0 Å². The van der Waals surface area contributed by atoms with E-state index in [1.54, 1.807) is 22.3 Å². The lowest BCUT2D eigenvalue weighted by molar-refractivity contribution is 0.577. The van der Waals surface area contributed by atoms with Crippen LogP contribution < -0.4 is 5.32 Å². The molecule has 6 heteroatoms. The van der Waals surface area contributed by atoms with Gasteiger partial charge in [-0.2, -0.15) is 0 Å². The van der Waals surface area contributed by atoms with Crippen LogP contribution in [0.1, 0.15) is 29.0 Å². The van der Waals surface area contributed by atoms with Gasteiger partial charge in [-0.25, -0.2) is 4.68 Å². The van der Waals surface area contributed by atoms with Crippen molar-refractivity contribution in [3.8, 4) is 5.69 Å². The van der Waals surface area contributed by atoms with E-state index in [2.05, 4.69) is 58.3 Å². The number of thiophene rings is 1. The van der Waals surface area contributed by atoms with Crippen molar-refractivity contribution in [3.05, 3.63) is 58.0 Å². The summed E-state index contributed by atoms with van der Waals surface area (Å²) >= 11 is 1.79. The van der Waals surface area contributed by atoms with Crippen LogP contribution in [-0.2, 0) is 6.54 Å². The van der Waals surface area contributed by atoms with Crippen molar-refractivity contribution < 1.29 is 0 Å². The molecule has 1 N–H and O–H groups in total. The normalized spacial score (nSPS) is 12.5.